The minimum absolute atomic E-state index is 0.255. The van der Waals surface area contributed by atoms with Crippen molar-refractivity contribution in [3.8, 4) is 0 Å². The fraction of sp³-hybridized carbons (Fsp3) is 0.350. The average Bonchev–Trinajstić information content (AvgIpc) is 2.66. The standard InChI is InChI=1S/C20H26N2O4S/c1-3-18-11-7-8-12-19(18)22(27(2,24)25)15-20(23)21-13-14-26-16-17-9-5-4-6-10-17/h4-12H,3,13-16H2,1-2H3,(H,21,23). The van der Waals surface area contributed by atoms with E-state index in [1.165, 1.54) is 0 Å². The number of rotatable bonds is 10. The van der Waals surface area contributed by atoms with Gasteiger partial charge in [0.15, 0.2) is 0 Å². The van der Waals surface area contributed by atoms with Crippen LogP contribution in [0.1, 0.15) is 18.1 Å². The highest BCUT2D eigenvalue weighted by molar-refractivity contribution is 7.92. The molecule has 0 atom stereocenters. The highest BCUT2D eigenvalue weighted by atomic mass is 32.2. The van der Waals surface area contributed by atoms with E-state index in [4.69, 9.17) is 4.74 Å². The van der Waals surface area contributed by atoms with Crippen LogP contribution in [0.4, 0.5) is 5.69 Å². The minimum atomic E-state index is -3.58. The smallest absolute Gasteiger partial charge is 0.240 e. The van der Waals surface area contributed by atoms with E-state index in [0.717, 1.165) is 21.7 Å². The number of nitrogens with zero attached hydrogens (tertiary/aromatic N) is 1. The molecule has 2 rings (SSSR count). The third-order valence-corrected chi connectivity index (χ3v) is 5.14. The van der Waals surface area contributed by atoms with Crippen LogP contribution in [0.25, 0.3) is 0 Å². The molecule has 0 aliphatic rings. The van der Waals surface area contributed by atoms with Gasteiger partial charge in [-0.15, -0.1) is 0 Å². The van der Waals surface area contributed by atoms with Gasteiger partial charge in [-0.3, -0.25) is 9.10 Å². The quantitative estimate of drug-likeness (QED) is 0.632. The van der Waals surface area contributed by atoms with E-state index in [1.807, 2.05) is 49.4 Å². The van der Waals surface area contributed by atoms with Crippen LogP contribution in [-0.4, -0.2) is 40.3 Å². The molecule has 146 valence electrons. The number of carbonyl (C=O) groups is 1. The second-order valence-corrected chi connectivity index (χ2v) is 8.05. The van der Waals surface area contributed by atoms with Crippen molar-refractivity contribution in [3.05, 3.63) is 65.7 Å². The molecule has 1 amide bonds. The summed E-state index contributed by atoms with van der Waals surface area (Å²) in [5.41, 5.74) is 2.48. The summed E-state index contributed by atoms with van der Waals surface area (Å²) in [6.07, 6.45) is 1.78. The summed E-state index contributed by atoms with van der Waals surface area (Å²) in [6.45, 7) is 2.83. The first-order chi connectivity index (χ1) is 12.9. The van der Waals surface area contributed by atoms with Gasteiger partial charge >= 0.3 is 0 Å². The number of ether oxygens (including phenoxy) is 1. The molecule has 0 heterocycles. The predicted molar refractivity (Wildman–Crippen MR) is 107 cm³/mol. The lowest BCUT2D eigenvalue weighted by Gasteiger charge is -2.24. The summed E-state index contributed by atoms with van der Waals surface area (Å²) in [5, 5.41) is 2.71. The van der Waals surface area contributed by atoms with Crippen LogP contribution in [0.3, 0.4) is 0 Å². The molecule has 6 nitrogen and oxygen atoms in total. The van der Waals surface area contributed by atoms with E-state index >= 15 is 0 Å². The van der Waals surface area contributed by atoms with E-state index in [0.29, 0.717) is 31.9 Å². The topological polar surface area (TPSA) is 75.7 Å². The second-order valence-electron chi connectivity index (χ2n) is 6.14. The number of benzene rings is 2. The molecule has 7 heteroatoms. The maximum atomic E-state index is 12.2. The Morgan fingerprint density at radius 1 is 1.07 bits per heavy atom. The zero-order chi connectivity index (χ0) is 19.7. The van der Waals surface area contributed by atoms with Gasteiger partial charge in [-0.05, 0) is 23.6 Å². The van der Waals surface area contributed by atoms with E-state index in [1.54, 1.807) is 12.1 Å². The molecule has 0 radical (unpaired) electrons. The van der Waals surface area contributed by atoms with Crippen molar-refractivity contribution in [3.63, 3.8) is 0 Å². The van der Waals surface area contributed by atoms with Gasteiger partial charge in [0.2, 0.25) is 15.9 Å². The second kappa shape index (κ2) is 10.1. The summed E-state index contributed by atoms with van der Waals surface area (Å²) in [7, 11) is -3.58. The molecular formula is C20H26N2O4S. The summed E-state index contributed by atoms with van der Waals surface area (Å²) in [5.74, 6) is -0.366. The first-order valence-electron chi connectivity index (χ1n) is 8.85. The number of aryl methyl sites for hydroxylation is 1. The van der Waals surface area contributed by atoms with Crippen molar-refractivity contribution >= 4 is 21.6 Å². The molecule has 0 fully saturated rings. The summed E-state index contributed by atoms with van der Waals surface area (Å²) in [6, 6.07) is 17.0. The SMILES string of the molecule is CCc1ccccc1N(CC(=O)NCCOCc1ccccc1)S(C)(=O)=O. The zero-order valence-corrected chi connectivity index (χ0v) is 16.5. The molecule has 1 N–H and O–H groups in total. The van der Waals surface area contributed by atoms with Crippen molar-refractivity contribution in [2.24, 2.45) is 0 Å². The van der Waals surface area contributed by atoms with Gasteiger partial charge in [0.25, 0.3) is 0 Å². The number of anilines is 1. The molecule has 0 aliphatic carbocycles. The van der Waals surface area contributed by atoms with Crippen molar-refractivity contribution in [2.45, 2.75) is 20.0 Å². The molecule has 0 unspecified atom stereocenters. The van der Waals surface area contributed by atoms with E-state index in [-0.39, 0.29) is 12.5 Å². The van der Waals surface area contributed by atoms with Gasteiger partial charge in [0, 0.05) is 6.54 Å². The molecule has 0 saturated heterocycles. The monoisotopic (exact) mass is 390 g/mol. The van der Waals surface area contributed by atoms with E-state index in [2.05, 4.69) is 5.32 Å². The minimum Gasteiger partial charge on any atom is -0.375 e. The van der Waals surface area contributed by atoms with Crippen LogP contribution in [0, 0.1) is 0 Å². The lowest BCUT2D eigenvalue weighted by atomic mass is 10.1. The first kappa shape index (κ1) is 20.9. The summed E-state index contributed by atoms with van der Waals surface area (Å²) in [4.78, 5) is 12.2. The Kier molecular flexibility index (Phi) is 7.82. The fourth-order valence-corrected chi connectivity index (χ4v) is 3.53. The van der Waals surface area contributed by atoms with Gasteiger partial charge in [0.1, 0.15) is 6.54 Å². The van der Waals surface area contributed by atoms with Crippen LogP contribution < -0.4 is 9.62 Å². The van der Waals surface area contributed by atoms with Crippen molar-refractivity contribution in [2.75, 3.05) is 30.3 Å². The Bertz CT molecular complexity index is 838. The van der Waals surface area contributed by atoms with Crippen molar-refractivity contribution in [1.82, 2.24) is 5.32 Å². The van der Waals surface area contributed by atoms with Gasteiger partial charge in [-0.25, -0.2) is 8.42 Å². The zero-order valence-electron chi connectivity index (χ0n) is 15.7. The number of para-hydroxylation sites is 1. The number of hydrogen-bond acceptors (Lipinski definition) is 4. The molecule has 2 aromatic carbocycles. The highest BCUT2D eigenvalue weighted by Crippen LogP contribution is 2.23. The third-order valence-electron chi connectivity index (χ3n) is 4.01. The lowest BCUT2D eigenvalue weighted by molar-refractivity contribution is -0.119. The normalized spacial score (nSPS) is 11.2. The summed E-state index contributed by atoms with van der Waals surface area (Å²) < 4.78 is 31.0. The molecule has 27 heavy (non-hydrogen) atoms. The van der Waals surface area contributed by atoms with Crippen LogP contribution in [0.2, 0.25) is 0 Å². The average molecular weight is 391 g/mol. The molecule has 0 aliphatic heterocycles. The number of nitrogens with one attached hydrogen (secondary N) is 1. The lowest BCUT2D eigenvalue weighted by Crippen LogP contribution is -2.41. The van der Waals surface area contributed by atoms with E-state index < -0.39 is 10.0 Å². The maximum Gasteiger partial charge on any atom is 0.240 e. The largest absolute Gasteiger partial charge is 0.375 e. The van der Waals surface area contributed by atoms with E-state index in [9.17, 15) is 13.2 Å². The number of amides is 1. The van der Waals surface area contributed by atoms with Gasteiger partial charge in [-0.1, -0.05) is 55.5 Å². The Balaban J connectivity index is 1.87. The van der Waals surface area contributed by atoms with Gasteiger partial charge in [-0.2, -0.15) is 0 Å². The number of hydrogen-bond donors (Lipinski definition) is 1. The van der Waals surface area contributed by atoms with Crippen LogP contribution in [0.5, 0.6) is 0 Å². The molecule has 0 aromatic heterocycles. The Morgan fingerprint density at radius 3 is 2.41 bits per heavy atom. The molecular weight excluding hydrogens is 364 g/mol. The maximum absolute atomic E-state index is 12.2. The predicted octanol–water partition coefficient (Wildman–Crippen LogP) is 2.35. The van der Waals surface area contributed by atoms with Crippen molar-refractivity contribution in [1.29, 1.82) is 0 Å². The Hall–Kier alpha value is -2.38. The molecule has 0 saturated carbocycles. The number of carbonyl (C=O) groups excluding carboxylic acids is 1. The van der Waals surface area contributed by atoms with Crippen LogP contribution in [-0.2, 0) is 32.6 Å². The molecule has 0 spiro atoms. The van der Waals surface area contributed by atoms with Crippen LogP contribution >= 0.6 is 0 Å². The highest BCUT2D eigenvalue weighted by Gasteiger charge is 2.22. The summed E-state index contributed by atoms with van der Waals surface area (Å²) >= 11 is 0. The van der Waals surface area contributed by atoms with Crippen molar-refractivity contribution < 1.29 is 17.9 Å². The Labute approximate surface area is 161 Å². The molecule has 0 bridgehead atoms. The molecule has 2 aromatic rings. The third kappa shape index (κ3) is 6.69. The Morgan fingerprint density at radius 2 is 1.74 bits per heavy atom. The van der Waals surface area contributed by atoms with Crippen LogP contribution in [0.15, 0.2) is 54.6 Å². The number of sulfonamides is 1. The van der Waals surface area contributed by atoms with Gasteiger partial charge in [0.05, 0.1) is 25.2 Å². The first-order valence-corrected chi connectivity index (χ1v) is 10.7. The fourth-order valence-electron chi connectivity index (χ4n) is 2.65. The van der Waals surface area contributed by atoms with Gasteiger partial charge < -0.3 is 10.1 Å².